The molecule has 6 aromatic rings. The Kier molecular flexibility index (Phi) is 14.4. The Hall–Kier alpha value is -8.15. The van der Waals surface area contributed by atoms with Crippen LogP contribution >= 0.6 is 0 Å². The number of hydrogen-bond donors (Lipinski definition) is 4. The Bertz CT molecular complexity index is 3070. The lowest BCUT2D eigenvalue weighted by molar-refractivity contribution is 0.0288. The van der Waals surface area contributed by atoms with Crippen LogP contribution in [0.25, 0.3) is 22.1 Å². The van der Waals surface area contributed by atoms with Gasteiger partial charge >= 0.3 is 12.1 Å². The zero-order chi connectivity index (χ0) is 49.7. The van der Waals surface area contributed by atoms with E-state index in [1.165, 1.54) is 31.4 Å². The molecule has 5 N–H and O–H groups in total. The molecule has 1 saturated heterocycles. The summed E-state index contributed by atoms with van der Waals surface area (Å²) in [7, 11) is 1.41. The molecule has 0 bridgehead atoms. The van der Waals surface area contributed by atoms with Gasteiger partial charge in [-0.3, -0.25) is 34.4 Å². The maximum absolute atomic E-state index is 13.9. The first kappa shape index (κ1) is 48.8. The van der Waals surface area contributed by atoms with E-state index in [9.17, 15) is 29.1 Å². The number of nitrogens with two attached hydrogens (primary N) is 1. The van der Waals surface area contributed by atoms with Gasteiger partial charge in [-0.15, -0.1) is 0 Å². The molecule has 1 aliphatic heterocycles. The van der Waals surface area contributed by atoms with Crippen molar-refractivity contribution in [2.75, 3.05) is 37.4 Å². The number of hydrogen-bond acceptors (Lipinski definition) is 12. The van der Waals surface area contributed by atoms with E-state index in [1.807, 2.05) is 34.6 Å². The highest BCUT2D eigenvalue weighted by Crippen LogP contribution is 2.33. The van der Waals surface area contributed by atoms with Crippen molar-refractivity contribution in [2.45, 2.75) is 93.1 Å². The van der Waals surface area contributed by atoms with E-state index in [2.05, 4.69) is 37.7 Å². The van der Waals surface area contributed by atoms with Gasteiger partial charge in [0.25, 0.3) is 11.8 Å². The average molecular weight is 945 g/mol. The summed E-state index contributed by atoms with van der Waals surface area (Å²) in [5.74, 6) is 4.22. The Morgan fingerprint density at radius 2 is 1.35 bits per heavy atom. The number of ether oxygens (including phenoxy) is 3. The van der Waals surface area contributed by atoms with Gasteiger partial charge in [0.2, 0.25) is 17.8 Å². The number of carboxylic acid groups (broad SMARTS) is 1. The van der Waals surface area contributed by atoms with Crippen LogP contribution in [0.4, 0.5) is 16.7 Å². The van der Waals surface area contributed by atoms with Crippen LogP contribution in [0.15, 0.2) is 48.6 Å². The molecule has 7 rings (SSSR count). The second-order valence-electron chi connectivity index (χ2n) is 17.4. The van der Waals surface area contributed by atoms with E-state index in [0.29, 0.717) is 71.9 Å². The third kappa shape index (κ3) is 11.0. The van der Waals surface area contributed by atoms with E-state index in [4.69, 9.17) is 24.9 Å². The van der Waals surface area contributed by atoms with Gasteiger partial charge < -0.3 is 39.1 Å². The summed E-state index contributed by atoms with van der Waals surface area (Å²) in [6, 6.07) is 9.12. The number of anilines is 2. The fourth-order valence-corrected chi connectivity index (χ4v) is 8.04. The largest absolute Gasteiger partial charge is 0.494 e. The van der Waals surface area contributed by atoms with Crippen LogP contribution < -0.4 is 25.8 Å². The van der Waals surface area contributed by atoms with Gasteiger partial charge in [0, 0.05) is 51.3 Å². The lowest BCUT2D eigenvalue weighted by Gasteiger charge is -2.24. The number of aryl methyl sites for hydroxylation is 4. The molecule has 2 aromatic carbocycles. The monoisotopic (exact) mass is 944 g/mol. The molecule has 362 valence electrons. The lowest BCUT2D eigenvalue weighted by Crippen LogP contribution is -2.35. The molecule has 1 unspecified atom stereocenters. The number of aromatic carboxylic acids is 1. The van der Waals surface area contributed by atoms with E-state index in [1.54, 1.807) is 61.5 Å². The third-order valence-corrected chi connectivity index (χ3v) is 11.2. The van der Waals surface area contributed by atoms with Crippen LogP contribution in [-0.2, 0) is 30.9 Å². The Morgan fingerprint density at radius 3 is 1.86 bits per heavy atom. The van der Waals surface area contributed by atoms with Crippen molar-refractivity contribution in [2.24, 2.45) is 11.7 Å². The molecule has 4 aromatic heterocycles. The van der Waals surface area contributed by atoms with E-state index >= 15 is 0 Å². The molecule has 0 aliphatic carbocycles. The number of aromatic nitrogens is 8. The topological polar surface area (TPSA) is 258 Å². The minimum Gasteiger partial charge on any atom is -0.494 e. The fourth-order valence-electron chi connectivity index (χ4n) is 8.04. The molecule has 1 fully saturated rings. The normalized spacial score (nSPS) is 13.7. The van der Waals surface area contributed by atoms with Gasteiger partial charge in [-0.25, -0.2) is 19.6 Å². The number of carbonyl (C=O) groups excluding carboxylic acids is 4. The first-order valence-electron chi connectivity index (χ1n) is 22.5. The molecule has 21 heteroatoms. The number of nitrogens with one attached hydrogen (secondary N) is 2. The van der Waals surface area contributed by atoms with E-state index in [0.717, 1.165) is 6.42 Å². The number of carbonyl (C=O) groups is 5. The SMILES string of the molecule is CCn1nc(C)cc1C(=O)Nc1nc2cc(C(=O)O)cc(OC)c2n1CC=CCn1c(NC(=O)c2cc(C)nn2CC)nc2cc(C(N)=O)cc(OCC#CCC3CCN(C(=O)OC(C)(C)C)C3)c21. The smallest absolute Gasteiger partial charge is 0.410 e. The van der Waals surface area contributed by atoms with Gasteiger partial charge in [-0.05, 0) is 97.2 Å². The van der Waals surface area contributed by atoms with E-state index < -0.39 is 29.3 Å². The number of primary amides is 1. The quantitative estimate of drug-likeness (QED) is 0.0639. The van der Waals surface area contributed by atoms with Crippen molar-refractivity contribution in [3.8, 4) is 23.3 Å². The summed E-state index contributed by atoms with van der Waals surface area (Å²) in [6.45, 7) is 14.9. The second kappa shape index (κ2) is 20.4. The number of carboxylic acids is 1. The predicted octanol–water partition coefficient (Wildman–Crippen LogP) is 6.03. The van der Waals surface area contributed by atoms with Crippen molar-refractivity contribution in [3.05, 3.63) is 82.5 Å². The van der Waals surface area contributed by atoms with Crippen LogP contribution in [0.3, 0.4) is 0 Å². The summed E-state index contributed by atoms with van der Waals surface area (Å²) in [5.41, 5.74) is 8.60. The standard InChI is InChI=1S/C48H56N12O9/c1-9-59-35(21-28(3)54-59)42(62)52-45-51-34-24-32(44(64)65)26-37(67-8)39(34)57(45)17-12-13-18-58-40-33(50-46(58)53-43(63)36-22-29(4)55-60(36)10-2)23-31(41(49)61)25-38(40)68-20-14-11-15-30-16-19-56(27-30)47(66)69-48(5,6)7/h12-13,21-26,30H,9-10,15-20,27H2,1-8H3,(H2,49,61)(H,64,65)(H,50,53,63)(H,51,52,62). The number of fused-ring (bicyclic) bond motifs is 2. The van der Waals surface area contributed by atoms with E-state index in [-0.39, 0.29) is 71.7 Å². The Morgan fingerprint density at radius 1 is 0.812 bits per heavy atom. The molecule has 0 saturated carbocycles. The number of nitrogens with zero attached hydrogens (tertiary/aromatic N) is 9. The molecule has 5 heterocycles. The number of amides is 4. The molecule has 4 amide bonds. The first-order chi connectivity index (χ1) is 32.9. The summed E-state index contributed by atoms with van der Waals surface area (Å²) >= 11 is 0. The minimum absolute atomic E-state index is 0.0558. The molecular weight excluding hydrogens is 889 g/mol. The summed E-state index contributed by atoms with van der Waals surface area (Å²) in [6.07, 6.45) is 4.56. The van der Waals surface area contributed by atoms with Crippen molar-refractivity contribution in [1.29, 1.82) is 0 Å². The number of rotatable bonds is 16. The van der Waals surface area contributed by atoms with Gasteiger partial charge in [0.05, 0.1) is 35.1 Å². The zero-order valence-corrected chi connectivity index (χ0v) is 39.9. The van der Waals surface area contributed by atoms with Crippen LogP contribution in [-0.4, -0.2) is 111 Å². The number of allylic oxidation sites excluding steroid dienone is 2. The predicted molar refractivity (Wildman–Crippen MR) is 256 cm³/mol. The molecule has 0 radical (unpaired) electrons. The Balaban J connectivity index is 1.21. The minimum atomic E-state index is -1.18. The van der Waals surface area contributed by atoms with Crippen LogP contribution in [0.2, 0.25) is 0 Å². The number of methoxy groups -OCH3 is 1. The lowest BCUT2D eigenvalue weighted by atomic mass is 10.1. The maximum Gasteiger partial charge on any atom is 0.410 e. The van der Waals surface area contributed by atoms with Crippen molar-refractivity contribution < 1.29 is 43.3 Å². The number of benzene rings is 2. The van der Waals surface area contributed by atoms with Gasteiger partial charge in [0.15, 0.2) is 0 Å². The highest BCUT2D eigenvalue weighted by atomic mass is 16.6. The third-order valence-electron chi connectivity index (χ3n) is 11.2. The summed E-state index contributed by atoms with van der Waals surface area (Å²) in [5, 5.41) is 24.5. The molecule has 69 heavy (non-hydrogen) atoms. The Labute approximate surface area is 397 Å². The number of likely N-dealkylation sites (tertiary alicyclic amines) is 1. The molecule has 1 atom stereocenters. The average Bonchev–Trinajstić information content (AvgIpc) is 4.14. The van der Waals surface area contributed by atoms with Crippen molar-refractivity contribution in [3.63, 3.8) is 0 Å². The highest BCUT2D eigenvalue weighted by molar-refractivity contribution is 6.05. The van der Waals surface area contributed by atoms with Crippen molar-refractivity contribution >= 4 is 63.7 Å². The van der Waals surface area contributed by atoms with Gasteiger partial charge in [0.1, 0.15) is 46.1 Å². The molecule has 1 aliphatic rings. The fraction of sp³-hybridized carbons (Fsp3) is 0.396. The summed E-state index contributed by atoms with van der Waals surface area (Å²) < 4.78 is 24.0. The first-order valence-corrected chi connectivity index (χ1v) is 22.5. The van der Waals surface area contributed by atoms with Crippen LogP contribution in [0.1, 0.15) is 101 Å². The molecular formula is C48H56N12O9. The second-order valence-corrected chi connectivity index (χ2v) is 17.4. The molecule has 0 spiro atoms. The number of imidazole rings is 2. The summed E-state index contributed by atoms with van der Waals surface area (Å²) in [4.78, 5) is 76.0. The van der Waals surface area contributed by atoms with Crippen molar-refractivity contribution in [1.82, 2.24) is 43.6 Å². The zero-order valence-electron chi connectivity index (χ0n) is 39.9. The van der Waals surface area contributed by atoms with Crippen LogP contribution in [0.5, 0.6) is 11.5 Å². The molecule has 21 nitrogen and oxygen atoms in total. The highest BCUT2D eigenvalue weighted by Gasteiger charge is 2.30. The van der Waals surface area contributed by atoms with Gasteiger partial charge in [-0.2, -0.15) is 10.2 Å². The van der Waals surface area contributed by atoms with Crippen LogP contribution in [0, 0.1) is 31.6 Å². The maximum atomic E-state index is 13.9. The van der Waals surface area contributed by atoms with Gasteiger partial charge in [-0.1, -0.05) is 24.0 Å².